The highest BCUT2D eigenvalue weighted by molar-refractivity contribution is 5.82. The van der Waals surface area contributed by atoms with Crippen molar-refractivity contribution in [3.63, 3.8) is 0 Å². The average Bonchev–Trinajstić information content (AvgIpc) is 1.68. The topological polar surface area (TPSA) is 26.3 Å². The van der Waals surface area contributed by atoms with Crippen molar-refractivity contribution in [1.82, 2.24) is 0 Å². The molecule has 0 rings (SSSR count). The second-order valence-electron chi connectivity index (χ2n) is 1.01. The van der Waals surface area contributed by atoms with Gasteiger partial charge < -0.3 is 4.74 Å². The van der Waals surface area contributed by atoms with Crippen molar-refractivity contribution in [2.45, 2.75) is 0 Å². The molecule has 0 N–H and O–H groups in total. The van der Waals surface area contributed by atoms with Gasteiger partial charge in [-0.05, 0) is 6.92 Å². The monoisotopic (exact) mass is 111 g/mol. The van der Waals surface area contributed by atoms with Crippen LogP contribution in [0, 0.1) is 6.92 Å². The summed E-state index contributed by atoms with van der Waals surface area (Å²) in [5, 5.41) is 0. The fourth-order valence-corrected chi connectivity index (χ4v) is 0.218. The molecule has 0 spiro atoms. The van der Waals surface area contributed by atoms with Gasteiger partial charge in [-0.3, -0.25) is 0 Å². The molecule has 0 saturated carbocycles. The van der Waals surface area contributed by atoms with Crippen LogP contribution < -0.4 is 0 Å². The first-order valence-electron chi connectivity index (χ1n) is 2.08. The summed E-state index contributed by atoms with van der Waals surface area (Å²) in [4.78, 5) is 10.2. The molecule has 0 aromatic carbocycles. The molecule has 0 fully saturated rings. The Labute approximate surface area is 48.5 Å². The van der Waals surface area contributed by atoms with Gasteiger partial charge in [-0.25, -0.2) is 4.79 Å². The summed E-state index contributed by atoms with van der Waals surface area (Å²) >= 11 is 0. The van der Waals surface area contributed by atoms with Gasteiger partial charge in [0.15, 0.2) is 0 Å². The van der Waals surface area contributed by atoms with E-state index in [0.29, 0.717) is 0 Å². The molecule has 8 heavy (non-hydrogen) atoms. The third-order valence-corrected chi connectivity index (χ3v) is 0.453. The van der Waals surface area contributed by atoms with Crippen LogP contribution in [-0.4, -0.2) is 5.97 Å². The number of carbonyl (C=O) groups is 1. The Bertz CT molecular complexity index is 114. The van der Waals surface area contributed by atoms with Gasteiger partial charge in [0.2, 0.25) is 0 Å². The minimum Gasteiger partial charge on any atom is -0.432 e. The van der Waals surface area contributed by atoms with Crippen molar-refractivity contribution in [1.29, 1.82) is 0 Å². The summed E-state index contributed by atoms with van der Waals surface area (Å²) in [7, 11) is 0. The SMILES string of the molecule is [CH2]C=CC(=O)OC=C. The van der Waals surface area contributed by atoms with E-state index in [1.54, 1.807) is 0 Å². The summed E-state index contributed by atoms with van der Waals surface area (Å²) in [6.07, 6.45) is 3.63. The maximum Gasteiger partial charge on any atom is 0.335 e. The zero-order valence-corrected chi connectivity index (χ0v) is 4.46. The summed E-state index contributed by atoms with van der Waals surface area (Å²) in [5.41, 5.74) is 0. The molecule has 0 bridgehead atoms. The van der Waals surface area contributed by atoms with E-state index in [4.69, 9.17) is 0 Å². The van der Waals surface area contributed by atoms with Gasteiger partial charge in [-0.15, -0.1) is 0 Å². The fourth-order valence-electron chi connectivity index (χ4n) is 0.218. The molecule has 2 nitrogen and oxygen atoms in total. The summed E-state index contributed by atoms with van der Waals surface area (Å²) in [6.45, 7) is 6.48. The maximum absolute atomic E-state index is 10.2. The molecule has 1 radical (unpaired) electrons. The van der Waals surface area contributed by atoms with E-state index in [1.807, 2.05) is 0 Å². The predicted molar refractivity (Wildman–Crippen MR) is 30.8 cm³/mol. The van der Waals surface area contributed by atoms with E-state index in [2.05, 4.69) is 18.2 Å². The predicted octanol–water partition coefficient (Wildman–Crippen LogP) is 1.06. The molecule has 43 valence electrons. The van der Waals surface area contributed by atoms with Crippen LogP contribution in [-0.2, 0) is 9.53 Å². The van der Waals surface area contributed by atoms with Crippen LogP contribution in [0.3, 0.4) is 0 Å². The summed E-state index contributed by atoms with van der Waals surface area (Å²) in [6, 6.07) is 0. The van der Waals surface area contributed by atoms with Gasteiger partial charge >= 0.3 is 5.97 Å². The van der Waals surface area contributed by atoms with Gasteiger partial charge in [0.05, 0.1) is 6.26 Å². The second kappa shape index (κ2) is 4.12. The normalized spacial score (nSPS) is 9.12. The van der Waals surface area contributed by atoms with Crippen LogP contribution >= 0.6 is 0 Å². The van der Waals surface area contributed by atoms with E-state index in [9.17, 15) is 4.79 Å². The number of carbonyl (C=O) groups excluding carboxylic acids is 1. The van der Waals surface area contributed by atoms with Gasteiger partial charge in [-0.2, -0.15) is 0 Å². The molecule has 0 atom stereocenters. The van der Waals surface area contributed by atoms with Crippen LogP contribution in [0.15, 0.2) is 25.0 Å². The number of hydrogen-bond acceptors (Lipinski definition) is 2. The van der Waals surface area contributed by atoms with E-state index in [0.717, 1.165) is 6.26 Å². The van der Waals surface area contributed by atoms with Crippen molar-refractivity contribution in [2.75, 3.05) is 0 Å². The molecule has 0 heterocycles. The minimum absolute atomic E-state index is 0.449. The lowest BCUT2D eigenvalue weighted by molar-refractivity contribution is -0.132. The molecule has 0 aliphatic carbocycles. The minimum atomic E-state index is -0.449. The zero-order valence-electron chi connectivity index (χ0n) is 4.46. The van der Waals surface area contributed by atoms with Crippen molar-refractivity contribution in [3.05, 3.63) is 31.9 Å². The van der Waals surface area contributed by atoms with Crippen molar-refractivity contribution < 1.29 is 9.53 Å². The Balaban J connectivity index is 3.48. The van der Waals surface area contributed by atoms with Crippen LogP contribution in [0.4, 0.5) is 0 Å². The zero-order chi connectivity index (χ0) is 6.41. The van der Waals surface area contributed by atoms with Crippen LogP contribution in [0.25, 0.3) is 0 Å². The molecular formula is C6H7O2. The number of esters is 1. The molecule has 0 aromatic heterocycles. The molecule has 0 unspecified atom stereocenters. The van der Waals surface area contributed by atoms with E-state index in [1.165, 1.54) is 12.2 Å². The van der Waals surface area contributed by atoms with Crippen LogP contribution in [0.5, 0.6) is 0 Å². The molecule has 0 saturated heterocycles. The molecule has 0 aliphatic rings. The molecule has 2 heteroatoms. The van der Waals surface area contributed by atoms with E-state index >= 15 is 0 Å². The Morgan fingerprint density at radius 3 is 2.62 bits per heavy atom. The highest BCUT2D eigenvalue weighted by Gasteiger charge is 1.86. The van der Waals surface area contributed by atoms with Gasteiger partial charge in [-0.1, -0.05) is 12.7 Å². The lowest BCUT2D eigenvalue weighted by Gasteiger charge is -1.86. The molecule has 0 aliphatic heterocycles. The highest BCUT2D eigenvalue weighted by Crippen LogP contribution is 1.78. The Hall–Kier alpha value is -1.05. The van der Waals surface area contributed by atoms with Gasteiger partial charge in [0.25, 0.3) is 0 Å². The maximum atomic E-state index is 10.2. The van der Waals surface area contributed by atoms with Gasteiger partial charge in [0.1, 0.15) is 0 Å². The number of allylic oxidation sites excluding steroid dienone is 1. The number of rotatable bonds is 2. The van der Waals surface area contributed by atoms with E-state index in [-0.39, 0.29) is 0 Å². The summed E-state index contributed by atoms with van der Waals surface area (Å²) in [5.74, 6) is -0.449. The molecular weight excluding hydrogens is 104 g/mol. The first kappa shape index (κ1) is 6.95. The molecule has 0 amide bonds. The van der Waals surface area contributed by atoms with Crippen molar-refractivity contribution in [3.8, 4) is 0 Å². The third kappa shape index (κ3) is 3.15. The first-order valence-corrected chi connectivity index (χ1v) is 2.08. The quantitative estimate of drug-likeness (QED) is 0.302. The largest absolute Gasteiger partial charge is 0.432 e. The van der Waals surface area contributed by atoms with Crippen LogP contribution in [0.2, 0.25) is 0 Å². The van der Waals surface area contributed by atoms with Crippen LogP contribution in [0.1, 0.15) is 0 Å². The fraction of sp³-hybridized carbons (Fsp3) is 0. The molecule has 0 aromatic rings. The number of hydrogen-bond donors (Lipinski definition) is 0. The first-order chi connectivity index (χ1) is 3.81. The Kier molecular flexibility index (Phi) is 3.58. The highest BCUT2D eigenvalue weighted by atomic mass is 16.5. The lowest BCUT2D eigenvalue weighted by atomic mass is 10.5. The van der Waals surface area contributed by atoms with Crippen molar-refractivity contribution >= 4 is 5.97 Å². The van der Waals surface area contributed by atoms with Gasteiger partial charge in [0, 0.05) is 6.08 Å². The Morgan fingerprint density at radius 2 is 2.25 bits per heavy atom. The smallest absolute Gasteiger partial charge is 0.335 e. The lowest BCUT2D eigenvalue weighted by Crippen LogP contribution is -1.91. The average molecular weight is 111 g/mol. The van der Waals surface area contributed by atoms with Crippen molar-refractivity contribution in [2.24, 2.45) is 0 Å². The number of ether oxygens (including phenoxy) is 1. The Morgan fingerprint density at radius 1 is 1.62 bits per heavy atom. The standard InChI is InChI=1S/C6H7O2/c1-3-5-6(7)8-4-2/h3-5H,1-2H2. The third-order valence-electron chi connectivity index (χ3n) is 0.453. The second-order valence-corrected chi connectivity index (χ2v) is 1.01. The summed E-state index contributed by atoms with van der Waals surface area (Å²) < 4.78 is 4.28. The van der Waals surface area contributed by atoms with E-state index < -0.39 is 5.97 Å².